The second kappa shape index (κ2) is 6.27. The van der Waals surface area contributed by atoms with Crippen molar-refractivity contribution >= 4 is 23.2 Å². The number of halogens is 2. The van der Waals surface area contributed by atoms with E-state index in [1.807, 2.05) is 4.90 Å². The van der Waals surface area contributed by atoms with Crippen LogP contribution in [0.5, 0.6) is 0 Å². The predicted octanol–water partition coefficient (Wildman–Crippen LogP) is 0.861. The van der Waals surface area contributed by atoms with Gasteiger partial charge in [-0.05, 0) is 35.0 Å². The number of nitrogens with zero attached hydrogens (tertiary/aromatic N) is 5. The van der Waals surface area contributed by atoms with Crippen molar-refractivity contribution in [1.82, 2.24) is 25.5 Å². The number of amides is 1. The summed E-state index contributed by atoms with van der Waals surface area (Å²) in [6.45, 7) is 1.46. The van der Waals surface area contributed by atoms with Crippen LogP contribution in [0.25, 0.3) is 0 Å². The number of anilines is 1. The normalized spacial score (nSPS) is 17.7. The first-order chi connectivity index (χ1) is 10.6. The average Bonchev–Trinajstić information content (AvgIpc) is 3.13. The van der Waals surface area contributed by atoms with Crippen molar-refractivity contribution in [3.8, 4) is 0 Å². The van der Waals surface area contributed by atoms with Crippen molar-refractivity contribution < 1.29 is 9.18 Å². The van der Waals surface area contributed by atoms with Gasteiger partial charge >= 0.3 is 0 Å². The fraction of sp³-hybridized carbons (Fsp3) is 0.385. The Labute approximate surface area is 131 Å². The highest BCUT2D eigenvalue weighted by atomic mass is 35.5. The lowest BCUT2D eigenvalue weighted by atomic mass is 10.2. The molecule has 116 valence electrons. The van der Waals surface area contributed by atoms with Gasteiger partial charge in [0.05, 0.1) is 5.02 Å². The first-order valence-electron chi connectivity index (χ1n) is 6.82. The second-order valence-corrected chi connectivity index (χ2v) is 5.51. The van der Waals surface area contributed by atoms with Gasteiger partial charge in [0.25, 0.3) is 0 Å². The van der Waals surface area contributed by atoms with Gasteiger partial charge in [-0.2, -0.15) is 0 Å². The minimum absolute atomic E-state index is 0.0164. The van der Waals surface area contributed by atoms with Gasteiger partial charge in [-0.1, -0.05) is 11.6 Å². The number of rotatable bonds is 4. The van der Waals surface area contributed by atoms with E-state index in [2.05, 4.69) is 20.8 Å². The van der Waals surface area contributed by atoms with Crippen LogP contribution in [0, 0.1) is 5.82 Å². The summed E-state index contributed by atoms with van der Waals surface area (Å²) in [6.07, 6.45) is 2.18. The van der Waals surface area contributed by atoms with Crippen molar-refractivity contribution in [2.24, 2.45) is 0 Å². The van der Waals surface area contributed by atoms with E-state index in [1.54, 1.807) is 6.07 Å². The second-order valence-electron chi connectivity index (χ2n) is 5.10. The number of hydrogen-bond donors (Lipinski definition) is 1. The molecule has 22 heavy (non-hydrogen) atoms. The van der Waals surface area contributed by atoms with Crippen molar-refractivity contribution in [2.45, 2.75) is 19.0 Å². The van der Waals surface area contributed by atoms with E-state index in [4.69, 9.17) is 11.6 Å². The van der Waals surface area contributed by atoms with Gasteiger partial charge in [0.2, 0.25) is 5.91 Å². The summed E-state index contributed by atoms with van der Waals surface area (Å²) in [5, 5.41) is 13.6. The Hall–Kier alpha value is -2.22. The fourth-order valence-corrected chi connectivity index (χ4v) is 2.59. The molecule has 2 heterocycles. The van der Waals surface area contributed by atoms with Crippen LogP contribution in [0.3, 0.4) is 0 Å². The van der Waals surface area contributed by atoms with E-state index in [9.17, 15) is 9.18 Å². The summed E-state index contributed by atoms with van der Waals surface area (Å²) in [6, 6.07) is 4.74. The van der Waals surface area contributed by atoms with Crippen molar-refractivity contribution in [1.29, 1.82) is 0 Å². The van der Waals surface area contributed by atoms with Crippen LogP contribution >= 0.6 is 11.6 Å². The maximum Gasteiger partial charge on any atom is 0.242 e. The summed E-state index contributed by atoms with van der Waals surface area (Å²) < 4.78 is 14.9. The molecule has 7 nitrogen and oxygen atoms in total. The zero-order valence-electron chi connectivity index (χ0n) is 11.6. The van der Waals surface area contributed by atoms with Crippen LogP contribution in [0.4, 0.5) is 10.1 Å². The van der Waals surface area contributed by atoms with Gasteiger partial charge in [-0.25, -0.2) is 9.07 Å². The number of tetrazole rings is 1. The summed E-state index contributed by atoms with van der Waals surface area (Å²) in [5.74, 6) is -0.591. The number of carbonyl (C=O) groups is 1. The molecule has 1 N–H and O–H groups in total. The highest BCUT2D eigenvalue weighted by Gasteiger charge is 2.24. The summed E-state index contributed by atoms with van der Waals surface area (Å²) in [5.41, 5.74) is 0.763. The van der Waals surface area contributed by atoms with Crippen LogP contribution in [-0.2, 0) is 11.3 Å². The molecule has 0 unspecified atom stereocenters. The molecule has 9 heteroatoms. The van der Waals surface area contributed by atoms with E-state index >= 15 is 0 Å². The maximum absolute atomic E-state index is 13.5. The van der Waals surface area contributed by atoms with E-state index in [-0.39, 0.29) is 23.5 Å². The smallest absolute Gasteiger partial charge is 0.242 e. The molecule has 1 atom stereocenters. The Kier molecular flexibility index (Phi) is 4.19. The lowest BCUT2D eigenvalue weighted by molar-refractivity contribution is -0.122. The molecule has 1 saturated heterocycles. The molecule has 1 aliphatic rings. The molecule has 0 bridgehead atoms. The van der Waals surface area contributed by atoms with Crippen molar-refractivity contribution in [3.05, 3.63) is 35.4 Å². The number of nitrogens with one attached hydrogen (secondary N) is 1. The number of carbonyl (C=O) groups excluding carboxylic acids is 1. The molecule has 1 aromatic heterocycles. The van der Waals surface area contributed by atoms with Gasteiger partial charge in [-0.15, -0.1) is 5.10 Å². The zero-order chi connectivity index (χ0) is 15.5. The van der Waals surface area contributed by atoms with Gasteiger partial charge < -0.3 is 10.2 Å². The van der Waals surface area contributed by atoms with Crippen LogP contribution in [0.1, 0.15) is 6.42 Å². The lowest BCUT2D eigenvalue weighted by Crippen LogP contribution is -2.39. The molecule has 0 aliphatic carbocycles. The monoisotopic (exact) mass is 324 g/mol. The van der Waals surface area contributed by atoms with Crippen LogP contribution in [0.2, 0.25) is 5.02 Å². The summed E-state index contributed by atoms with van der Waals surface area (Å²) in [7, 11) is 0. The highest BCUT2D eigenvalue weighted by molar-refractivity contribution is 6.30. The molecule has 0 saturated carbocycles. The van der Waals surface area contributed by atoms with E-state index < -0.39 is 5.82 Å². The molecular formula is C13H14ClFN6O. The molecule has 1 amide bonds. The largest absolute Gasteiger partial charge is 0.369 e. The standard InChI is InChI=1S/C13H14ClFN6O/c14-11-2-1-10(5-12(11)15)20-4-3-9(6-20)17-13(22)7-21-8-16-18-19-21/h1-2,5,8-9H,3-4,6-7H2,(H,17,22)/t9-/m0/s1. The first-order valence-corrected chi connectivity index (χ1v) is 7.20. The minimum Gasteiger partial charge on any atom is -0.369 e. The van der Waals surface area contributed by atoms with Crippen molar-refractivity contribution in [3.63, 3.8) is 0 Å². The predicted molar refractivity (Wildman–Crippen MR) is 78.0 cm³/mol. The maximum atomic E-state index is 13.5. The Morgan fingerprint density at radius 2 is 2.36 bits per heavy atom. The van der Waals surface area contributed by atoms with Crippen LogP contribution in [-0.4, -0.2) is 45.2 Å². The Morgan fingerprint density at radius 3 is 3.09 bits per heavy atom. The molecule has 0 radical (unpaired) electrons. The summed E-state index contributed by atoms with van der Waals surface area (Å²) >= 11 is 5.68. The van der Waals surface area contributed by atoms with Crippen molar-refractivity contribution in [2.75, 3.05) is 18.0 Å². The Morgan fingerprint density at radius 1 is 1.50 bits per heavy atom. The number of hydrogen-bond acceptors (Lipinski definition) is 5. The number of benzene rings is 1. The van der Waals surface area contributed by atoms with Crippen LogP contribution in [0.15, 0.2) is 24.5 Å². The Bertz CT molecular complexity index is 665. The summed E-state index contributed by atoms with van der Waals surface area (Å²) in [4.78, 5) is 13.9. The SMILES string of the molecule is O=C(Cn1cnnn1)N[C@H]1CCN(c2ccc(Cl)c(F)c2)C1. The van der Waals surface area contributed by atoms with Crippen LogP contribution < -0.4 is 10.2 Å². The quantitative estimate of drug-likeness (QED) is 0.903. The van der Waals surface area contributed by atoms with Gasteiger partial charge in [-0.3, -0.25) is 4.79 Å². The molecular weight excluding hydrogens is 311 g/mol. The third kappa shape index (κ3) is 3.33. The fourth-order valence-electron chi connectivity index (χ4n) is 2.47. The molecule has 1 aliphatic heterocycles. The molecule has 3 rings (SSSR count). The minimum atomic E-state index is -0.440. The zero-order valence-corrected chi connectivity index (χ0v) is 12.4. The van der Waals surface area contributed by atoms with E-state index in [0.717, 1.165) is 18.7 Å². The molecule has 1 aromatic carbocycles. The van der Waals surface area contributed by atoms with E-state index in [0.29, 0.717) is 6.54 Å². The average molecular weight is 325 g/mol. The lowest BCUT2D eigenvalue weighted by Gasteiger charge is -2.19. The number of aromatic nitrogens is 4. The topological polar surface area (TPSA) is 75.9 Å². The third-order valence-electron chi connectivity index (χ3n) is 3.52. The van der Waals surface area contributed by atoms with E-state index in [1.165, 1.54) is 23.1 Å². The molecule has 2 aromatic rings. The van der Waals surface area contributed by atoms with Gasteiger partial charge in [0.1, 0.15) is 18.7 Å². The van der Waals surface area contributed by atoms with Gasteiger partial charge in [0, 0.05) is 24.8 Å². The molecule has 1 fully saturated rings. The Balaban J connectivity index is 1.55. The highest BCUT2D eigenvalue weighted by Crippen LogP contribution is 2.24. The third-order valence-corrected chi connectivity index (χ3v) is 3.83. The van der Waals surface area contributed by atoms with Gasteiger partial charge in [0.15, 0.2) is 0 Å². The molecule has 0 spiro atoms. The first kappa shape index (κ1) is 14.7.